The number of nitrogens with one attached hydrogen (secondary N) is 1. The number of alkyl halides is 3. The maximum Gasteiger partial charge on any atom is 0.416 e. The predicted molar refractivity (Wildman–Crippen MR) is 109 cm³/mol. The molecule has 0 heterocycles. The molecule has 6 nitrogen and oxygen atoms in total. The molecule has 0 saturated carbocycles. The van der Waals surface area contributed by atoms with Gasteiger partial charge in [-0.25, -0.2) is 0 Å². The molecule has 2 amide bonds. The number of ether oxygens (including phenoxy) is 2. The van der Waals surface area contributed by atoms with Crippen molar-refractivity contribution >= 4 is 11.8 Å². The van der Waals surface area contributed by atoms with Crippen LogP contribution in [0.2, 0.25) is 0 Å². The fourth-order valence-corrected chi connectivity index (χ4v) is 3.00. The van der Waals surface area contributed by atoms with Crippen molar-refractivity contribution in [2.24, 2.45) is 11.7 Å². The SMILES string of the molecule is COc1cc(C(=O)NC(CC(C)C)c2cccc(C(F)(F)F)c2)ccc1OCC(N)=O. The average molecular weight is 438 g/mol. The fraction of sp³-hybridized carbons (Fsp3) is 0.364. The molecule has 2 rings (SSSR count). The lowest BCUT2D eigenvalue weighted by atomic mass is 9.95. The van der Waals surface area contributed by atoms with Crippen molar-refractivity contribution in [1.29, 1.82) is 0 Å². The third-order valence-corrected chi connectivity index (χ3v) is 4.42. The van der Waals surface area contributed by atoms with Crippen molar-refractivity contribution in [1.82, 2.24) is 5.32 Å². The summed E-state index contributed by atoms with van der Waals surface area (Å²) in [4.78, 5) is 23.7. The number of primary amides is 1. The molecule has 168 valence electrons. The predicted octanol–water partition coefficient (Wildman–Crippen LogP) is 4.10. The number of methoxy groups -OCH3 is 1. The molecule has 1 atom stereocenters. The van der Waals surface area contributed by atoms with Gasteiger partial charge in [-0.1, -0.05) is 26.0 Å². The van der Waals surface area contributed by atoms with E-state index in [9.17, 15) is 22.8 Å². The van der Waals surface area contributed by atoms with Gasteiger partial charge in [0.05, 0.1) is 18.7 Å². The lowest BCUT2D eigenvalue weighted by Gasteiger charge is -2.22. The smallest absolute Gasteiger partial charge is 0.416 e. The summed E-state index contributed by atoms with van der Waals surface area (Å²) in [7, 11) is 1.37. The highest BCUT2D eigenvalue weighted by Gasteiger charge is 2.31. The van der Waals surface area contributed by atoms with Crippen LogP contribution in [0, 0.1) is 5.92 Å². The lowest BCUT2D eigenvalue weighted by molar-refractivity contribution is -0.137. The van der Waals surface area contributed by atoms with E-state index >= 15 is 0 Å². The van der Waals surface area contributed by atoms with Gasteiger partial charge in [-0.2, -0.15) is 13.2 Å². The zero-order valence-electron chi connectivity index (χ0n) is 17.5. The number of rotatable bonds is 9. The van der Waals surface area contributed by atoms with Crippen molar-refractivity contribution in [2.45, 2.75) is 32.5 Å². The quantitative estimate of drug-likeness (QED) is 0.617. The normalized spacial score (nSPS) is 12.4. The first-order valence-electron chi connectivity index (χ1n) is 9.58. The van der Waals surface area contributed by atoms with E-state index in [0.717, 1.165) is 12.1 Å². The molecule has 0 aromatic heterocycles. The Balaban J connectivity index is 2.27. The van der Waals surface area contributed by atoms with E-state index in [1.807, 2.05) is 13.8 Å². The number of hydrogen-bond acceptors (Lipinski definition) is 4. The van der Waals surface area contributed by atoms with Crippen molar-refractivity contribution in [3.05, 3.63) is 59.2 Å². The Morgan fingerprint density at radius 2 is 1.81 bits per heavy atom. The number of carbonyl (C=O) groups excluding carboxylic acids is 2. The van der Waals surface area contributed by atoms with E-state index in [-0.39, 0.29) is 29.6 Å². The highest BCUT2D eigenvalue weighted by molar-refractivity contribution is 5.95. The van der Waals surface area contributed by atoms with Gasteiger partial charge < -0.3 is 20.5 Å². The summed E-state index contributed by atoms with van der Waals surface area (Å²) in [5, 5.41) is 2.80. The summed E-state index contributed by atoms with van der Waals surface area (Å²) in [6.07, 6.45) is -4.03. The van der Waals surface area contributed by atoms with E-state index < -0.39 is 29.6 Å². The van der Waals surface area contributed by atoms with Gasteiger partial charge in [0, 0.05) is 5.56 Å². The summed E-state index contributed by atoms with van der Waals surface area (Å²) in [5.74, 6) is -0.578. The second-order valence-corrected chi connectivity index (χ2v) is 7.40. The summed E-state index contributed by atoms with van der Waals surface area (Å²) in [6, 6.07) is 8.65. The zero-order valence-corrected chi connectivity index (χ0v) is 17.5. The minimum atomic E-state index is -4.48. The number of nitrogens with two attached hydrogens (primary N) is 1. The molecule has 9 heteroatoms. The van der Waals surface area contributed by atoms with Crippen LogP contribution in [0.5, 0.6) is 11.5 Å². The maximum absolute atomic E-state index is 13.1. The number of carbonyl (C=O) groups is 2. The Morgan fingerprint density at radius 3 is 2.39 bits per heavy atom. The van der Waals surface area contributed by atoms with Gasteiger partial charge >= 0.3 is 6.18 Å². The minimum absolute atomic E-state index is 0.124. The van der Waals surface area contributed by atoms with Crippen molar-refractivity contribution in [2.75, 3.05) is 13.7 Å². The Hall–Kier alpha value is -3.23. The van der Waals surface area contributed by atoms with Gasteiger partial charge in [0.1, 0.15) is 0 Å². The number of benzene rings is 2. The van der Waals surface area contributed by atoms with Crippen LogP contribution >= 0.6 is 0 Å². The molecule has 0 bridgehead atoms. The molecule has 3 N–H and O–H groups in total. The fourth-order valence-electron chi connectivity index (χ4n) is 3.00. The third-order valence-electron chi connectivity index (χ3n) is 4.42. The van der Waals surface area contributed by atoms with Crippen molar-refractivity contribution < 1.29 is 32.2 Å². The molecule has 0 aliphatic heterocycles. The van der Waals surface area contributed by atoms with Gasteiger partial charge in [-0.3, -0.25) is 9.59 Å². The van der Waals surface area contributed by atoms with E-state index in [1.165, 1.54) is 31.4 Å². The van der Waals surface area contributed by atoms with Gasteiger partial charge in [0.2, 0.25) is 0 Å². The first-order valence-corrected chi connectivity index (χ1v) is 9.58. The van der Waals surface area contributed by atoms with Crippen LogP contribution in [-0.2, 0) is 11.0 Å². The number of halogens is 3. The minimum Gasteiger partial charge on any atom is -0.493 e. The topological polar surface area (TPSA) is 90.7 Å². The van der Waals surface area contributed by atoms with Crippen LogP contribution in [-0.4, -0.2) is 25.5 Å². The summed E-state index contributed by atoms with van der Waals surface area (Å²) in [5.41, 5.74) is 4.88. The molecule has 0 aliphatic rings. The standard InChI is InChI=1S/C22H25F3N2O4/c1-13(2)9-17(14-5-4-6-16(10-14)22(23,24)25)27-21(29)15-7-8-18(19(11-15)30-3)31-12-20(26)28/h4-8,10-11,13,17H,9,12H2,1-3H3,(H2,26,28)(H,27,29). The molecular weight excluding hydrogens is 413 g/mol. The van der Waals surface area contributed by atoms with E-state index in [2.05, 4.69) is 5.32 Å². The zero-order chi connectivity index (χ0) is 23.2. The molecule has 2 aromatic rings. The van der Waals surface area contributed by atoms with Crippen molar-refractivity contribution in [3.63, 3.8) is 0 Å². The van der Waals surface area contributed by atoms with Crippen LogP contribution in [0.3, 0.4) is 0 Å². The van der Waals surface area contributed by atoms with Gasteiger partial charge in [0.15, 0.2) is 18.1 Å². The second kappa shape index (κ2) is 10.2. The summed E-state index contributed by atoms with van der Waals surface area (Å²) >= 11 is 0. The summed E-state index contributed by atoms with van der Waals surface area (Å²) in [6.45, 7) is 3.48. The van der Waals surface area contributed by atoms with E-state index in [1.54, 1.807) is 6.07 Å². The van der Waals surface area contributed by atoms with Crippen LogP contribution in [0.1, 0.15) is 47.8 Å². The van der Waals surface area contributed by atoms with Crippen LogP contribution in [0.25, 0.3) is 0 Å². The largest absolute Gasteiger partial charge is 0.493 e. The highest BCUT2D eigenvalue weighted by atomic mass is 19.4. The molecule has 0 fully saturated rings. The van der Waals surface area contributed by atoms with Gasteiger partial charge in [-0.15, -0.1) is 0 Å². The Bertz CT molecular complexity index is 929. The number of hydrogen-bond donors (Lipinski definition) is 2. The van der Waals surface area contributed by atoms with E-state index in [0.29, 0.717) is 12.0 Å². The second-order valence-electron chi connectivity index (χ2n) is 7.40. The molecule has 0 aliphatic carbocycles. The monoisotopic (exact) mass is 438 g/mol. The van der Waals surface area contributed by atoms with Crippen LogP contribution in [0.4, 0.5) is 13.2 Å². The first kappa shape index (κ1) is 24.0. The van der Waals surface area contributed by atoms with Gasteiger partial charge in [0.25, 0.3) is 11.8 Å². The summed E-state index contributed by atoms with van der Waals surface area (Å²) < 4.78 is 49.8. The number of amides is 2. The third kappa shape index (κ3) is 6.91. The molecule has 31 heavy (non-hydrogen) atoms. The van der Waals surface area contributed by atoms with Crippen molar-refractivity contribution in [3.8, 4) is 11.5 Å². The Morgan fingerprint density at radius 1 is 1.10 bits per heavy atom. The van der Waals surface area contributed by atoms with Crippen LogP contribution < -0.4 is 20.5 Å². The molecule has 0 radical (unpaired) electrons. The Labute approximate surface area is 178 Å². The Kier molecular flexibility index (Phi) is 7.90. The van der Waals surface area contributed by atoms with E-state index in [4.69, 9.17) is 15.2 Å². The molecule has 0 saturated heterocycles. The van der Waals surface area contributed by atoms with Crippen LogP contribution in [0.15, 0.2) is 42.5 Å². The molecule has 0 spiro atoms. The molecule has 1 unspecified atom stereocenters. The lowest BCUT2D eigenvalue weighted by Crippen LogP contribution is -2.29. The van der Waals surface area contributed by atoms with Gasteiger partial charge in [-0.05, 0) is 48.2 Å². The average Bonchev–Trinajstić information content (AvgIpc) is 2.70. The first-order chi connectivity index (χ1) is 14.5. The molecule has 2 aromatic carbocycles. The highest BCUT2D eigenvalue weighted by Crippen LogP contribution is 2.32. The maximum atomic E-state index is 13.1. The molecular formula is C22H25F3N2O4.